The molecule has 2 aromatic heterocycles. The number of hydrogen-bond acceptors (Lipinski definition) is 7. The van der Waals surface area contributed by atoms with Gasteiger partial charge in [-0.15, -0.1) is 0 Å². The third-order valence-corrected chi connectivity index (χ3v) is 8.04. The number of fused-ring (bicyclic) bond motifs is 1. The number of rotatable bonds is 6. The van der Waals surface area contributed by atoms with Crippen LogP contribution in [0.2, 0.25) is 0 Å². The molecule has 2 unspecified atom stereocenters. The summed E-state index contributed by atoms with van der Waals surface area (Å²) in [7, 11) is 0. The summed E-state index contributed by atoms with van der Waals surface area (Å²) >= 11 is 0. The Labute approximate surface area is 217 Å². The lowest BCUT2D eigenvalue weighted by Crippen LogP contribution is -2.28. The molecule has 0 saturated heterocycles. The van der Waals surface area contributed by atoms with Crippen LogP contribution in [0.3, 0.4) is 0 Å². The first-order chi connectivity index (χ1) is 18.1. The molecule has 2 heterocycles. The summed E-state index contributed by atoms with van der Waals surface area (Å²) in [6, 6.07) is 17.0. The van der Waals surface area contributed by atoms with E-state index < -0.39 is 0 Å². The van der Waals surface area contributed by atoms with Crippen LogP contribution in [0.15, 0.2) is 48.5 Å². The molecule has 0 bridgehead atoms. The van der Waals surface area contributed by atoms with E-state index in [0.29, 0.717) is 30.3 Å². The highest BCUT2D eigenvalue weighted by Crippen LogP contribution is 2.40. The molecule has 6 rings (SSSR count). The van der Waals surface area contributed by atoms with Crippen molar-refractivity contribution >= 4 is 28.6 Å². The van der Waals surface area contributed by atoms with Gasteiger partial charge in [0.25, 0.3) is 0 Å². The summed E-state index contributed by atoms with van der Waals surface area (Å²) in [5.41, 5.74) is 24.6. The van der Waals surface area contributed by atoms with Gasteiger partial charge in [-0.25, -0.2) is 4.98 Å². The van der Waals surface area contributed by atoms with E-state index in [0.717, 1.165) is 77.9 Å². The summed E-state index contributed by atoms with van der Waals surface area (Å²) in [6.45, 7) is 0.595. The average molecular weight is 497 g/mol. The second kappa shape index (κ2) is 10.0. The van der Waals surface area contributed by atoms with Crippen LogP contribution < -0.4 is 22.5 Å². The highest BCUT2D eigenvalue weighted by Gasteiger charge is 2.31. The van der Waals surface area contributed by atoms with E-state index in [1.54, 1.807) is 0 Å². The average Bonchev–Trinajstić information content (AvgIpc) is 3.56. The number of imidazole rings is 1. The molecule has 0 amide bonds. The Kier molecular flexibility index (Phi) is 6.42. The van der Waals surface area contributed by atoms with E-state index in [2.05, 4.69) is 39.1 Å². The molecule has 0 spiro atoms. The van der Waals surface area contributed by atoms with Gasteiger partial charge in [0.05, 0.1) is 0 Å². The van der Waals surface area contributed by atoms with Gasteiger partial charge < -0.3 is 27.1 Å². The van der Waals surface area contributed by atoms with E-state index in [4.69, 9.17) is 27.2 Å². The number of nitrogens with zero attached hydrogens (tertiary/aromatic N) is 4. The summed E-state index contributed by atoms with van der Waals surface area (Å²) < 4.78 is 2.38. The van der Waals surface area contributed by atoms with Gasteiger partial charge in [-0.1, -0.05) is 61.7 Å². The van der Waals surface area contributed by atoms with Crippen LogP contribution in [0.1, 0.15) is 74.7 Å². The Balaban J connectivity index is 1.28. The van der Waals surface area contributed by atoms with Crippen molar-refractivity contribution in [2.24, 2.45) is 5.73 Å². The largest absolute Gasteiger partial charge is 0.398 e. The maximum absolute atomic E-state index is 6.46. The molecule has 7 N–H and O–H groups in total. The third kappa shape index (κ3) is 4.73. The Morgan fingerprint density at radius 3 is 2.41 bits per heavy atom. The summed E-state index contributed by atoms with van der Waals surface area (Å²) in [4.78, 5) is 14.6. The summed E-state index contributed by atoms with van der Waals surface area (Å²) in [5, 5.41) is 3.39. The minimum absolute atomic E-state index is 0.237. The van der Waals surface area contributed by atoms with E-state index >= 15 is 0 Å². The van der Waals surface area contributed by atoms with Crippen LogP contribution >= 0.6 is 0 Å². The smallest absolute Gasteiger partial charge is 0.227 e. The number of benzene rings is 2. The molecule has 2 aromatic carbocycles. The Morgan fingerprint density at radius 2 is 1.65 bits per heavy atom. The number of anilines is 3. The molecule has 4 aromatic rings. The van der Waals surface area contributed by atoms with Crippen molar-refractivity contribution in [2.45, 2.75) is 75.9 Å². The molecular formula is C29H36N8. The molecule has 8 nitrogen and oxygen atoms in total. The van der Waals surface area contributed by atoms with E-state index in [1.165, 1.54) is 12.8 Å². The Morgan fingerprint density at radius 1 is 0.865 bits per heavy atom. The Hall–Kier alpha value is -3.65. The fourth-order valence-corrected chi connectivity index (χ4v) is 6.11. The predicted octanol–water partition coefficient (Wildman–Crippen LogP) is 5.37. The van der Waals surface area contributed by atoms with Gasteiger partial charge in [-0.05, 0) is 49.3 Å². The lowest BCUT2D eigenvalue weighted by atomic mass is 9.85. The fourth-order valence-electron chi connectivity index (χ4n) is 6.11. The minimum Gasteiger partial charge on any atom is -0.398 e. The predicted molar refractivity (Wildman–Crippen MR) is 150 cm³/mol. The normalized spacial score (nSPS) is 20.5. The fraction of sp³-hybridized carbons (Fsp3) is 0.414. The standard InChI is InChI=1S/C29H36N8/c30-21-7-5-6-20(16-21)27-34-25-26(32)35-29(36-28(25)37(27)22-8-1-2-9-22)33-17-18-12-14-19(15-13-18)23-10-3-4-11-24(23)31/h3-4,10-15,20-22H,1-2,5-9,16-17,30-31H2,(H3,32,33,35,36). The highest BCUT2D eigenvalue weighted by atomic mass is 15.2. The minimum atomic E-state index is 0.237. The quantitative estimate of drug-likeness (QED) is 0.264. The molecule has 192 valence electrons. The van der Waals surface area contributed by atoms with Crippen molar-refractivity contribution in [2.75, 3.05) is 16.8 Å². The van der Waals surface area contributed by atoms with Crippen molar-refractivity contribution in [3.05, 3.63) is 59.9 Å². The van der Waals surface area contributed by atoms with Crippen LogP contribution in [0.5, 0.6) is 0 Å². The van der Waals surface area contributed by atoms with Gasteiger partial charge in [0.2, 0.25) is 5.95 Å². The molecule has 2 fully saturated rings. The number of hydrogen-bond donors (Lipinski definition) is 4. The molecule has 8 heteroatoms. The summed E-state index contributed by atoms with van der Waals surface area (Å²) in [5.74, 6) is 2.42. The van der Waals surface area contributed by atoms with Crippen LogP contribution in [-0.4, -0.2) is 25.6 Å². The molecule has 0 radical (unpaired) electrons. The van der Waals surface area contributed by atoms with Gasteiger partial charge in [-0.3, -0.25) is 0 Å². The number of aromatic nitrogens is 4. The number of nitrogen functional groups attached to an aromatic ring is 2. The van der Waals surface area contributed by atoms with Crippen LogP contribution in [0.4, 0.5) is 17.5 Å². The Bertz CT molecular complexity index is 1390. The zero-order valence-electron chi connectivity index (χ0n) is 21.2. The van der Waals surface area contributed by atoms with Gasteiger partial charge in [0.15, 0.2) is 17.0 Å². The van der Waals surface area contributed by atoms with Gasteiger partial charge in [0.1, 0.15) is 5.82 Å². The molecule has 2 aliphatic rings. The molecule has 2 aliphatic carbocycles. The topological polar surface area (TPSA) is 134 Å². The van der Waals surface area contributed by atoms with Gasteiger partial charge in [0, 0.05) is 35.8 Å². The second-order valence-electron chi connectivity index (χ2n) is 10.6. The lowest BCUT2D eigenvalue weighted by Gasteiger charge is -2.28. The molecular weight excluding hydrogens is 460 g/mol. The van der Waals surface area contributed by atoms with Crippen LogP contribution in [0, 0.1) is 0 Å². The lowest BCUT2D eigenvalue weighted by molar-refractivity contribution is 0.364. The van der Waals surface area contributed by atoms with E-state index in [9.17, 15) is 0 Å². The summed E-state index contributed by atoms with van der Waals surface area (Å²) in [6.07, 6.45) is 9.12. The zero-order chi connectivity index (χ0) is 25.4. The molecule has 37 heavy (non-hydrogen) atoms. The monoisotopic (exact) mass is 496 g/mol. The van der Waals surface area contributed by atoms with Crippen molar-refractivity contribution in [3.8, 4) is 11.1 Å². The second-order valence-corrected chi connectivity index (χ2v) is 10.6. The van der Waals surface area contributed by atoms with Gasteiger partial charge in [-0.2, -0.15) is 9.97 Å². The maximum atomic E-state index is 6.46. The van der Waals surface area contributed by atoms with E-state index in [1.807, 2.05) is 24.3 Å². The van der Waals surface area contributed by atoms with Gasteiger partial charge >= 0.3 is 0 Å². The SMILES string of the molecule is Nc1ccccc1-c1ccc(CNc2nc(N)c3nc(C4CCCC(N)C4)n(C4CCCC4)c3n2)cc1. The maximum Gasteiger partial charge on any atom is 0.227 e. The first-order valence-electron chi connectivity index (χ1n) is 13.6. The van der Waals surface area contributed by atoms with Crippen LogP contribution in [-0.2, 0) is 6.54 Å². The zero-order valence-corrected chi connectivity index (χ0v) is 21.2. The number of nitrogens with one attached hydrogen (secondary N) is 1. The highest BCUT2D eigenvalue weighted by molar-refractivity contribution is 5.84. The third-order valence-electron chi connectivity index (χ3n) is 8.04. The van der Waals surface area contributed by atoms with Crippen molar-refractivity contribution in [1.29, 1.82) is 0 Å². The molecule has 0 aliphatic heterocycles. The molecule has 2 saturated carbocycles. The van der Waals surface area contributed by atoms with Crippen molar-refractivity contribution in [1.82, 2.24) is 19.5 Å². The number of nitrogens with two attached hydrogens (primary N) is 3. The molecule has 2 atom stereocenters. The van der Waals surface area contributed by atoms with Crippen LogP contribution in [0.25, 0.3) is 22.3 Å². The van der Waals surface area contributed by atoms with E-state index in [-0.39, 0.29) is 6.04 Å². The van der Waals surface area contributed by atoms with Crippen molar-refractivity contribution in [3.63, 3.8) is 0 Å². The number of para-hydroxylation sites is 1. The first-order valence-corrected chi connectivity index (χ1v) is 13.6. The first kappa shape index (κ1) is 23.7. The van der Waals surface area contributed by atoms with Crippen molar-refractivity contribution < 1.29 is 0 Å².